The monoisotopic (exact) mass is 555 g/mol. The van der Waals surface area contributed by atoms with E-state index in [1.54, 1.807) is 11.1 Å². The van der Waals surface area contributed by atoms with Gasteiger partial charge in [0.15, 0.2) is 5.65 Å². The number of hydrogen-bond donors (Lipinski definition) is 3. The lowest BCUT2D eigenvalue weighted by Gasteiger charge is -2.15. The van der Waals surface area contributed by atoms with E-state index in [0.717, 1.165) is 51.8 Å². The van der Waals surface area contributed by atoms with Gasteiger partial charge in [-0.1, -0.05) is 29.8 Å². The number of rotatable bonds is 9. The van der Waals surface area contributed by atoms with Crippen LogP contribution in [0.3, 0.4) is 0 Å². The van der Waals surface area contributed by atoms with Crippen molar-refractivity contribution in [2.45, 2.75) is 32.2 Å². The van der Waals surface area contributed by atoms with E-state index in [0.29, 0.717) is 36.6 Å². The highest BCUT2D eigenvalue weighted by Crippen LogP contribution is 2.26. The first-order valence-electron chi connectivity index (χ1n) is 13.4. The third-order valence-electron chi connectivity index (χ3n) is 7.55. The lowest BCUT2D eigenvalue weighted by Crippen LogP contribution is -2.36. The summed E-state index contributed by atoms with van der Waals surface area (Å²) in [4.78, 5) is 34.9. The number of hydrogen-bond acceptors (Lipinski definition) is 4. The van der Waals surface area contributed by atoms with Crippen molar-refractivity contribution in [1.29, 1.82) is 0 Å². The van der Waals surface area contributed by atoms with E-state index in [1.807, 2.05) is 65.4 Å². The summed E-state index contributed by atoms with van der Waals surface area (Å²) in [5.41, 5.74) is 6.73. The fourth-order valence-electron chi connectivity index (χ4n) is 5.38. The molecule has 5 aromatic rings. The molecule has 40 heavy (non-hydrogen) atoms. The number of para-hydroxylation sites is 1. The number of aromatic nitrogens is 4. The van der Waals surface area contributed by atoms with Gasteiger partial charge < -0.3 is 20.5 Å². The van der Waals surface area contributed by atoms with Gasteiger partial charge in [-0.25, -0.2) is 14.3 Å². The number of halogens is 1. The van der Waals surface area contributed by atoms with E-state index in [9.17, 15) is 9.59 Å². The molecule has 1 aliphatic heterocycles. The van der Waals surface area contributed by atoms with Crippen LogP contribution in [-0.4, -0.2) is 62.1 Å². The van der Waals surface area contributed by atoms with Crippen molar-refractivity contribution < 1.29 is 9.59 Å². The fraction of sp³-hybridized carbons (Fsp3) is 0.267. The number of nitrogens with zero attached hydrogens (tertiary/aromatic N) is 4. The van der Waals surface area contributed by atoms with Crippen LogP contribution in [0.2, 0.25) is 5.02 Å². The van der Waals surface area contributed by atoms with Gasteiger partial charge in [-0.2, -0.15) is 5.10 Å². The first kappa shape index (κ1) is 25.9. The predicted molar refractivity (Wildman–Crippen MR) is 155 cm³/mol. The molecule has 1 fully saturated rings. The molecule has 0 aliphatic carbocycles. The molecule has 3 N–H and O–H groups in total. The lowest BCUT2D eigenvalue weighted by molar-refractivity contribution is 0.0950. The van der Waals surface area contributed by atoms with Crippen LogP contribution in [-0.2, 0) is 19.3 Å². The molecule has 0 spiro atoms. The molecule has 204 valence electrons. The normalized spacial score (nSPS) is 15.2. The number of fused-ring (bicyclic) bond motifs is 2. The summed E-state index contributed by atoms with van der Waals surface area (Å²) in [6.45, 7) is 3.44. The molecule has 0 radical (unpaired) electrons. The number of nitrogens with one attached hydrogen (secondary N) is 3. The van der Waals surface area contributed by atoms with Crippen LogP contribution in [0.4, 0.5) is 4.79 Å². The Morgan fingerprint density at radius 1 is 1.15 bits per heavy atom. The topological polar surface area (TPSA) is 107 Å². The largest absolute Gasteiger partial charge is 0.360 e. The van der Waals surface area contributed by atoms with Gasteiger partial charge in [0.2, 0.25) is 0 Å². The third-order valence-corrected chi connectivity index (χ3v) is 7.86. The molecule has 0 bridgehead atoms. The minimum absolute atomic E-state index is 0.0102. The number of benzene rings is 2. The molecule has 3 amide bonds. The maximum atomic E-state index is 12.9. The van der Waals surface area contributed by atoms with Gasteiger partial charge in [-0.3, -0.25) is 4.79 Å². The van der Waals surface area contributed by atoms with Gasteiger partial charge in [-0.15, -0.1) is 0 Å². The van der Waals surface area contributed by atoms with Gasteiger partial charge >= 0.3 is 6.03 Å². The van der Waals surface area contributed by atoms with Crippen LogP contribution in [0.15, 0.2) is 67.1 Å². The van der Waals surface area contributed by atoms with Crippen molar-refractivity contribution in [1.82, 2.24) is 35.1 Å². The maximum Gasteiger partial charge on any atom is 0.317 e. The Bertz CT molecular complexity index is 1710. The zero-order valence-electron chi connectivity index (χ0n) is 22.2. The Labute approximate surface area is 236 Å². The number of H-pyrrole nitrogens is 1. The molecule has 1 aliphatic rings. The van der Waals surface area contributed by atoms with Crippen molar-refractivity contribution in [3.63, 3.8) is 0 Å². The zero-order valence-corrected chi connectivity index (χ0v) is 22.9. The number of aromatic amines is 1. The van der Waals surface area contributed by atoms with Crippen LogP contribution in [0, 0.1) is 6.92 Å². The summed E-state index contributed by atoms with van der Waals surface area (Å²) in [5, 5.41) is 12.2. The van der Waals surface area contributed by atoms with E-state index in [-0.39, 0.29) is 18.0 Å². The van der Waals surface area contributed by atoms with Crippen molar-refractivity contribution in [2.75, 3.05) is 19.6 Å². The Balaban J connectivity index is 1.02. The Morgan fingerprint density at radius 3 is 2.95 bits per heavy atom. The van der Waals surface area contributed by atoms with Crippen LogP contribution in [0.25, 0.3) is 16.6 Å². The molecule has 6 rings (SSSR count). The molecule has 10 heteroatoms. The standard InChI is InChI=1S/C30H30ClN7O2/c1-19-7-8-21(14-20(19)9-10-24-17-33-27-6-3-11-35-38(24)27)29(39)32-12-13-37-18-23(36-30(37)40)15-22-16-34-28-25(22)4-2-5-26(28)31/h2-8,11,14,16-17,23,34H,9-10,12-13,15,18H2,1H3,(H,32,39)(H,36,40). The summed E-state index contributed by atoms with van der Waals surface area (Å²) in [6.07, 6.45) is 7.79. The fourth-order valence-corrected chi connectivity index (χ4v) is 5.61. The number of carbonyl (C=O) groups is 2. The van der Waals surface area contributed by atoms with Crippen LogP contribution >= 0.6 is 11.6 Å². The van der Waals surface area contributed by atoms with Gasteiger partial charge in [0.05, 0.1) is 28.5 Å². The second-order valence-electron chi connectivity index (χ2n) is 10.2. The molecule has 1 saturated heterocycles. The molecule has 9 nitrogen and oxygen atoms in total. The zero-order chi connectivity index (χ0) is 27.6. The summed E-state index contributed by atoms with van der Waals surface area (Å²) in [6, 6.07) is 15.3. The quantitative estimate of drug-likeness (QED) is 0.252. The van der Waals surface area contributed by atoms with Gasteiger partial charge in [0, 0.05) is 43.0 Å². The molecule has 1 atom stereocenters. The molecular formula is C30H30ClN7O2. The minimum Gasteiger partial charge on any atom is -0.360 e. The second kappa shape index (κ2) is 11.0. The Kier molecular flexibility index (Phi) is 7.13. The lowest BCUT2D eigenvalue weighted by atomic mass is 10.00. The minimum atomic E-state index is -0.149. The van der Waals surface area contributed by atoms with Crippen molar-refractivity contribution in [3.8, 4) is 0 Å². The number of carbonyl (C=O) groups excluding carboxylic acids is 2. The third kappa shape index (κ3) is 5.24. The summed E-state index contributed by atoms with van der Waals surface area (Å²) in [7, 11) is 0. The van der Waals surface area contributed by atoms with E-state index in [2.05, 4.69) is 32.6 Å². The molecule has 3 aromatic heterocycles. The van der Waals surface area contributed by atoms with Crippen molar-refractivity contribution >= 4 is 40.1 Å². The van der Waals surface area contributed by atoms with Gasteiger partial charge in [-0.05, 0) is 73.2 Å². The van der Waals surface area contributed by atoms with Gasteiger partial charge in [0.25, 0.3) is 5.91 Å². The maximum absolute atomic E-state index is 12.9. The molecule has 4 heterocycles. The number of imidazole rings is 1. The smallest absolute Gasteiger partial charge is 0.317 e. The average molecular weight is 556 g/mol. The summed E-state index contributed by atoms with van der Waals surface area (Å²) in [5.74, 6) is -0.149. The van der Waals surface area contributed by atoms with Crippen LogP contribution in [0.5, 0.6) is 0 Å². The average Bonchev–Trinajstić information content (AvgIpc) is 3.66. The first-order valence-corrected chi connectivity index (χ1v) is 13.8. The number of amides is 3. The van der Waals surface area contributed by atoms with Gasteiger partial charge in [0.1, 0.15) is 0 Å². The van der Waals surface area contributed by atoms with E-state index in [4.69, 9.17) is 11.6 Å². The highest BCUT2D eigenvalue weighted by atomic mass is 35.5. The highest BCUT2D eigenvalue weighted by Gasteiger charge is 2.29. The number of aryl methyl sites for hydroxylation is 3. The molecule has 1 unspecified atom stereocenters. The summed E-state index contributed by atoms with van der Waals surface area (Å²) >= 11 is 6.28. The van der Waals surface area contributed by atoms with Crippen molar-refractivity contribution in [3.05, 3.63) is 100 Å². The molecule has 0 saturated carbocycles. The second-order valence-corrected chi connectivity index (χ2v) is 10.6. The Hall–Kier alpha value is -4.37. The first-order chi connectivity index (χ1) is 19.5. The SMILES string of the molecule is Cc1ccc(C(=O)NCCN2CC(Cc3c[nH]c4c(Cl)cccc34)NC2=O)cc1CCc1cnc2cccnn12. The molecular weight excluding hydrogens is 526 g/mol. The Morgan fingerprint density at radius 2 is 2.05 bits per heavy atom. The van der Waals surface area contributed by atoms with Crippen LogP contribution < -0.4 is 10.6 Å². The highest BCUT2D eigenvalue weighted by molar-refractivity contribution is 6.35. The number of urea groups is 1. The predicted octanol–water partition coefficient (Wildman–Crippen LogP) is 4.32. The van der Waals surface area contributed by atoms with Crippen molar-refractivity contribution in [2.24, 2.45) is 0 Å². The van der Waals surface area contributed by atoms with Crippen LogP contribution in [0.1, 0.15) is 32.7 Å². The summed E-state index contributed by atoms with van der Waals surface area (Å²) < 4.78 is 1.85. The van der Waals surface area contributed by atoms with E-state index in [1.165, 1.54) is 0 Å². The van der Waals surface area contributed by atoms with E-state index < -0.39 is 0 Å². The molecule has 2 aromatic carbocycles. The van der Waals surface area contributed by atoms with E-state index >= 15 is 0 Å².